The highest BCUT2D eigenvalue weighted by atomic mass is 16.5. The molecule has 0 fully saturated rings. The summed E-state index contributed by atoms with van der Waals surface area (Å²) in [6.07, 6.45) is 4.32. The second-order valence-corrected chi connectivity index (χ2v) is 4.30. The molecule has 0 radical (unpaired) electrons. The molecule has 1 heteroatoms. The van der Waals surface area contributed by atoms with Crippen molar-refractivity contribution in [2.45, 2.75) is 12.8 Å². The molecule has 0 aliphatic rings. The lowest BCUT2D eigenvalue weighted by atomic mass is 10.00. The predicted molar refractivity (Wildman–Crippen MR) is 76.9 cm³/mol. The van der Waals surface area contributed by atoms with Crippen LogP contribution in [0.3, 0.4) is 0 Å². The fourth-order valence-corrected chi connectivity index (χ4v) is 1.92. The molecule has 0 aromatic heterocycles. The molecule has 2 rings (SSSR count). The first-order chi connectivity index (χ1) is 8.81. The molecule has 92 valence electrons. The minimum Gasteiger partial charge on any atom is -0.496 e. The van der Waals surface area contributed by atoms with Crippen LogP contribution in [-0.4, -0.2) is 7.11 Å². The number of hydrogen-bond acceptors (Lipinski definition) is 1. The van der Waals surface area contributed by atoms with Gasteiger partial charge >= 0.3 is 0 Å². The van der Waals surface area contributed by atoms with Gasteiger partial charge in [-0.1, -0.05) is 67.6 Å². The highest BCUT2D eigenvalue weighted by Crippen LogP contribution is 2.22. The Morgan fingerprint density at radius 3 is 2.33 bits per heavy atom. The Hall–Kier alpha value is -2.02. The van der Waals surface area contributed by atoms with Gasteiger partial charge in [0.25, 0.3) is 0 Å². The number of hydrogen-bond donors (Lipinski definition) is 0. The lowest BCUT2D eigenvalue weighted by Gasteiger charge is -2.07. The number of para-hydroxylation sites is 1. The van der Waals surface area contributed by atoms with Crippen molar-refractivity contribution in [3.05, 3.63) is 71.8 Å². The molecule has 0 bridgehead atoms. The van der Waals surface area contributed by atoms with E-state index >= 15 is 0 Å². The van der Waals surface area contributed by atoms with Crippen LogP contribution >= 0.6 is 0 Å². The maximum absolute atomic E-state index is 5.33. The van der Waals surface area contributed by atoms with Crippen LogP contribution < -0.4 is 4.74 Å². The van der Waals surface area contributed by atoms with E-state index in [-0.39, 0.29) is 0 Å². The zero-order valence-electron chi connectivity index (χ0n) is 10.8. The summed E-state index contributed by atoms with van der Waals surface area (Å²) in [4.78, 5) is 0. The lowest BCUT2D eigenvalue weighted by molar-refractivity contribution is 0.414. The number of ether oxygens (including phenoxy) is 1. The highest BCUT2D eigenvalue weighted by Gasteiger charge is 2.01. The van der Waals surface area contributed by atoms with Gasteiger partial charge in [0.1, 0.15) is 5.75 Å². The van der Waals surface area contributed by atoms with Crippen molar-refractivity contribution < 1.29 is 4.74 Å². The third kappa shape index (κ3) is 3.01. The van der Waals surface area contributed by atoms with Crippen molar-refractivity contribution in [1.82, 2.24) is 0 Å². The molecule has 0 N–H and O–H groups in total. The summed E-state index contributed by atoms with van der Waals surface area (Å²) in [5, 5.41) is 0. The topological polar surface area (TPSA) is 9.23 Å². The Kier molecular flexibility index (Phi) is 4.19. The molecule has 2 aromatic rings. The van der Waals surface area contributed by atoms with E-state index in [9.17, 15) is 0 Å². The van der Waals surface area contributed by atoms with Crippen LogP contribution in [0.15, 0.2) is 60.7 Å². The number of methoxy groups -OCH3 is 1. The quantitative estimate of drug-likeness (QED) is 0.761. The van der Waals surface area contributed by atoms with Crippen LogP contribution in [0.4, 0.5) is 0 Å². The summed E-state index contributed by atoms with van der Waals surface area (Å²) in [5.74, 6) is 1.31. The van der Waals surface area contributed by atoms with E-state index < -0.39 is 0 Å². The smallest absolute Gasteiger partial charge is 0.126 e. The van der Waals surface area contributed by atoms with Crippen molar-refractivity contribution in [3.8, 4) is 5.75 Å². The first-order valence-electron chi connectivity index (χ1n) is 6.17. The molecular formula is C17H18O. The monoisotopic (exact) mass is 238 g/mol. The summed E-state index contributed by atoms with van der Waals surface area (Å²) in [5.41, 5.74) is 2.44. The van der Waals surface area contributed by atoms with E-state index in [1.165, 1.54) is 5.56 Å². The van der Waals surface area contributed by atoms with Crippen molar-refractivity contribution in [1.29, 1.82) is 0 Å². The molecule has 0 amide bonds. The summed E-state index contributed by atoms with van der Waals surface area (Å²) in [6.45, 7) is 2.20. The maximum Gasteiger partial charge on any atom is 0.126 e. The molecule has 0 saturated heterocycles. The van der Waals surface area contributed by atoms with Gasteiger partial charge in [-0.2, -0.15) is 0 Å². The second kappa shape index (κ2) is 6.06. The first kappa shape index (κ1) is 12.4. The number of rotatable bonds is 4. The summed E-state index contributed by atoms with van der Waals surface area (Å²) < 4.78 is 5.33. The van der Waals surface area contributed by atoms with E-state index in [0.717, 1.165) is 11.3 Å². The average molecular weight is 238 g/mol. The second-order valence-electron chi connectivity index (χ2n) is 4.30. The van der Waals surface area contributed by atoms with Crippen LogP contribution in [0.1, 0.15) is 24.0 Å². The predicted octanol–water partition coefficient (Wildman–Crippen LogP) is 4.51. The first-order valence-corrected chi connectivity index (χ1v) is 6.17. The van der Waals surface area contributed by atoms with Gasteiger partial charge in [-0.15, -0.1) is 0 Å². The molecule has 0 aliphatic carbocycles. The Bertz CT molecular complexity index is 514. The van der Waals surface area contributed by atoms with Gasteiger partial charge in [-0.3, -0.25) is 0 Å². The van der Waals surface area contributed by atoms with Crippen molar-refractivity contribution >= 4 is 6.08 Å². The van der Waals surface area contributed by atoms with E-state index in [1.54, 1.807) is 7.11 Å². The molecule has 0 spiro atoms. The van der Waals surface area contributed by atoms with Gasteiger partial charge in [-0.05, 0) is 17.5 Å². The van der Waals surface area contributed by atoms with Crippen LogP contribution in [0.5, 0.6) is 5.75 Å². The maximum atomic E-state index is 5.33. The third-order valence-electron chi connectivity index (χ3n) is 3.03. The summed E-state index contributed by atoms with van der Waals surface area (Å²) in [7, 11) is 1.70. The van der Waals surface area contributed by atoms with Gasteiger partial charge in [0.15, 0.2) is 0 Å². The Balaban J connectivity index is 2.16. The third-order valence-corrected chi connectivity index (χ3v) is 3.03. The number of allylic oxidation sites excluding steroid dienone is 1. The molecule has 0 saturated carbocycles. The Morgan fingerprint density at radius 2 is 1.61 bits per heavy atom. The Morgan fingerprint density at radius 1 is 0.944 bits per heavy atom. The van der Waals surface area contributed by atoms with Crippen LogP contribution in [0.2, 0.25) is 0 Å². The van der Waals surface area contributed by atoms with Gasteiger partial charge in [0, 0.05) is 5.56 Å². The van der Waals surface area contributed by atoms with Gasteiger partial charge in [0.05, 0.1) is 7.11 Å². The van der Waals surface area contributed by atoms with Crippen molar-refractivity contribution in [2.24, 2.45) is 0 Å². The molecule has 18 heavy (non-hydrogen) atoms. The van der Waals surface area contributed by atoms with Gasteiger partial charge in [0.2, 0.25) is 0 Å². The largest absolute Gasteiger partial charge is 0.496 e. The zero-order chi connectivity index (χ0) is 12.8. The van der Waals surface area contributed by atoms with Crippen LogP contribution in [-0.2, 0) is 0 Å². The lowest BCUT2D eigenvalue weighted by Crippen LogP contribution is -1.89. The molecule has 0 unspecified atom stereocenters. The van der Waals surface area contributed by atoms with Gasteiger partial charge < -0.3 is 4.74 Å². The normalized spacial score (nSPS) is 12.6. The van der Waals surface area contributed by atoms with Gasteiger partial charge in [-0.25, -0.2) is 0 Å². The van der Waals surface area contributed by atoms with Crippen molar-refractivity contribution in [3.63, 3.8) is 0 Å². The van der Waals surface area contributed by atoms with Crippen molar-refractivity contribution in [2.75, 3.05) is 7.11 Å². The molecule has 2 aromatic carbocycles. The fourth-order valence-electron chi connectivity index (χ4n) is 1.92. The Labute approximate surface area is 109 Å². The minimum absolute atomic E-state index is 0.399. The summed E-state index contributed by atoms with van der Waals surface area (Å²) in [6, 6.07) is 18.5. The van der Waals surface area contributed by atoms with E-state index in [0.29, 0.717) is 5.92 Å². The molecular weight excluding hydrogens is 220 g/mol. The number of benzene rings is 2. The summed E-state index contributed by atoms with van der Waals surface area (Å²) >= 11 is 0. The molecule has 0 heterocycles. The van der Waals surface area contributed by atoms with Crippen LogP contribution in [0, 0.1) is 0 Å². The SMILES string of the molecule is COc1ccccc1/C=C/[C@H](C)c1ccccc1. The molecule has 0 aliphatic heterocycles. The average Bonchev–Trinajstić information content (AvgIpc) is 2.46. The fraction of sp³-hybridized carbons (Fsp3) is 0.176. The molecule has 1 atom stereocenters. The zero-order valence-corrected chi connectivity index (χ0v) is 10.8. The molecule has 1 nitrogen and oxygen atoms in total. The highest BCUT2D eigenvalue weighted by molar-refractivity contribution is 5.58. The van der Waals surface area contributed by atoms with E-state index in [4.69, 9.17) is 4.74 Å². The minimum atomic E-state index is 0.399. The van der Waals surface area contributed by atoms with E-state index in [1.807, 2.05) is 24.3 Å². The van der Waals surface area contributed by atoms with E-state index in [2.05, 4.69) is 49.4 Å². The van der Waals surface area contributed by atoms with Crippen LogP contribution in [0.25, 0.3) is 6.08 Å². The standard InChI is InChI=1S/C17H18O/c1-14(15-8-4-3-5-9-15)12-13-16-10-6-7-11-17(16)18-2/h3-14H,1-2H3/b13-12+/t14-/m0/s1.